The van der Waals surface area contributed by atoms with E-state index in [1.807, 2.05) is 17.4 Å². The Bertz CT molecular complexity index is 2820. The number of para-hydroxylation sites is 2. The van der Waals surface area contributed by atoms with Crippen LogP contribution in [0.15, 0.2) is 180 Å². The predicted molar refractivity (Wildman–Crippen MR) is 209 cm³/mol. The molecule has 0 amide bonds. The van der Waals surface area contributed by atoms with Crippen molar-refractivity contribution < 1.29 is 4.42 Å². The monoisotopic (exact) mass is 642 g/mol. The molecule has 0 radical (unpaired) electrons. The van der Waals surface area contributed by atoms with Gasteiger partial charge in [-0.2, -0.15) is 0 Å². The van der Waals surface area contributed by atoms with Gasteiger partial charge >= 0.3 is 0 Å². The van der Waals surface area contributed by atoms with Gasteiger partial charge in [-0.15, -0.1) is 11.3 Å². The molecule has 0 saturated carbocycles. The van der Waals surface area contributed by atoms with Crippen LogP contribution in [-0.2, 0) is 0 Å². The van der Waals surface area contributed by atoms with Gasteiger partial charge in [0.2, 0.25) is 0 Å². The Balaban J connectivity index is 1.15. The summed E-state index contributed by atoms with van der Waals surface area (Å²) in [4.78, 5) is 0. The first-order valence-electron chi connectivity index (χ1n) is 16.8. The highest BCUT2D eigenvalue weighted by molar-refractivity contribution is 7.25. The van der Waals surface area contributed by atoms with Gasteiger partial charge < -0.3 is 4.42 Å². The predicted octanol–water partition coefficient (Wildman–Crippen LogP) is 13.6. The molecule has 0 fully saturated rings. The minimum absolute atomic E-state index is 0.0407. The molecule has 10 aromatic rings. The van der Waals surface area contributed by atoms with E-state index in [1.165, 1.54) is 58.8 Å². The molecule has 0 saturated heterocycles. The van der Waals surface area contributed by atoms with Crippen LogP contribution in [0.4, 0.5) is 0 Å². The van der Waals surface area contributed by atoms with Crippen LogP contribution in [0.25, 0.3) is 75.1 Å². The normalized spacial score (nSPS) is 12.4. The molecule has 8 aromatic carbocycles. The molecule has 1 unspecified atom stereocenters. The lowest BCUT2D eigenvalue weighted by molar-refractivity contribution is 0.670. The SMILES string of the molecule is c1ccc(-c2ccc(C(c3cccc(-c4cccc5c4oc4ccccc45)c3)c3ccc4cc5sc6ccccc6c5cc4c3)cc2)cc1. The van der Waals surface area contributed by atoms with E-state index < -0.39 is 0 Å². The Labute approximate surface area is 288 Å². The fraction of sp³-hybridized carbons (Fsp3) is 0.0213. The third-order valence-electron chi connectivity index (χ3n) is 9.98. The largest absolute Gasteiger partial charge is 0.455 e. The summed E-state index contributed by atoms with van der Waals surface area (Å²) in [5, 5.41) is 7.49. The quantitative estimate of drug-likeness (QED) is 0.170. The Hall–Kier alpha value is -5.96. The number of furan rings is 1. The second-order valence-corrected chi connectivity index (χ2v) is 14.0. The van der Waals surface area contributed by atoms with Gasteiger partial charge in [0.1, 0.15) is 11.2 Å². The number of fused-ring (bicyclic) bond motifs is 7. The molecule has 49 heavy (non-hydrogen) atoms. The lowest BCUT2D eigenvalue weighted by Gasteiger charge is -2.21. The highest BCUT2D eigenvalue weighted by Crippen LogP contribution is 2.41. The zero-order valence-electron chi connectivity index (χ0n) is 26.6. The Morgan fingerprint density at radius 2 is 1.08 bits per heavy atom. The molecule has 0 aliphatic carbocycles. The third kappa shape index (κ3) is 4.76. The summed E-state index contributed by atoms with van der Waals surface area (Å²) in [7, 11) is 0. The van der Waals surface area contributed by atoms with Crippen LogP contribution in [0.3, 0.4) is 0 Å². The number of hydrogen-bond donors (Lipinski definition) is 0. The molecule has 1 nitrogen and oxygen atoms in total. The summed E-state index contributed by atoms with van der Waals surface area (Å²) in [6, 6.07) is 64.1. The zero-order valence-corrected chi connectivity index (χ0v) is 27.5. The molecule has 0 aliphatic rings. The van der Waals surface area contributed by atoms with E-state index >= 15 is 0 Å². The number of hydrogen-bond acceptors (Lipinski definition) is 2. The van der Waals surface area contributed by atoms with Gasteiger partial charge in [0.15, 0.2) is 0 Å². The van der Waals surface area contributed by atoms with E-state index in [1.54, 1.807) is 0 Å². The van der Waals surface area contributed by atoms with Gasteiger partial charge in [0.25, 0.3) is 0 Å². The molecule has 2 heterocycles. The van der Waals surface area contributed by atoms with E-state index in [9.17, 15) is 0 Å². The van der Waals surface area contributed by atoms with Gasteiger partial charge in [0.05, 0.1) is 0 Å². The van der Waals surface area contributed by atoms with Crippen molar-refractivity contribution >= 4 is 64.2 Å². The molecule has 1 atom stereocenters. The van der Waals surface area contributed by atoms with Crippen molar-refractivity contribution in [3.8, 4) is 22.3 Å². The summed E-state index contributed by atoms with van der Waals surface area (Å²) in [6.07, 6.45) is 0. The van der Waals surface area contributed by atoms with Crippen LogP contribution in [0.2, 0.25) is 0 Å². The molecule has 0 spiro atoms. The van der Waals surface area contributed by atoms with Crippen LogP contribution in [0.5, 0.6) is 0 Å². The van der Waals surface area contributed by atoms with Crippen molar-refractivity contribution in [1.82, 2.24) is 0 Å². The summed E-state index contributed by atoms with van der Waals surface area (Å²) >= 11 is 1.87. The smallest absolute Gasteiger partial charge is 0.143 e. The number of benzene rings is 8. The minimum atomic E-state index is 0.0407. The van der Waals surface area contributed by atoms with Crippen LogP contribution >= 0.6 is 11.3 Å². The Kier molecular flexibility index (Phi) is 6.50. The van der Waals surface area contributed by atoms with Gasteiger partial charge in [-0.25, -0.2) is 0 Å². The minimum Gasteiger partial charge on any atom is -0.455 e. The summed E-state index contributed by atoms with van der Waals surface area (Å²) in [6.45, 7) is 0. The van der Waals surface area contributed by atoms with Crippen molar-refractivity contribution in [2.75, 3.05) is 0 Å². The molecule has 0 N–H and O–H groups in total. The van der Waals surface area contributed by atoms with Crippen LogP contribution in [0.1, 0.15) is 22.6 Å². The molecule has 0 bridgehead atoms. The topological polar surface area (TPSA) is 13.1 Å². The maximum atomic E-state index is 6.47. The fourth-order valence-electron chi connectivity index (χ4n) is 7.60. The van der Waals surface area contributed by atoms with Crippen LogP contribution in [0, 0.1) is 0 Å². The van der Waals surface area contributed by atoms with Crippen molar-refractivity contribution in [1.29, 1.82) is 0 Å². The third-order valence-corrected chi connectivity index (χ3v) is 11.1. The van der Waals surface area contributed by atoms with E-state index in [0.717, 1.165) is 33.1 Å². The van der Waals surface area contributed by atoms with E-state index in [2.05, 4.69) is 170 Å². The molecule has 2 aromatic heterocycles. The molecule has 2 heteroatoms. The average molecular weight is 643 g/mol. The van der Waals surface area contributed by atoms with Gasteiger partial charge in [-0.1, -0.05) is 152 Å². The molecule has 230 valence electrons. The maximum absolute atomic E-state index is 6.47. The molecule has 10 rings (SSSR count). The highest BCUT2D eigenvalue weighted by Gasteiger charge is 2.20. The van der Waals surface area contributed by atoms with E-state index in [4.69, 9.17) is 4.42 Å². The average Bonchev–Trinajstić information content (AvgIpc) is 3.73. The lowest BCUT2D eigenvalue weighted by atomic mass is 9.82. The van der Waals surface area contributed by atoms with Crippen molar-refractivity contribution in [2.45, 2.75) is 5.92 Å². The second-order valence-electron chi connectivity index (χ2n) is 12.9. The van der Waals surface area contributed by atoms with Crippen LogP contribution in [-0.4, -0.2) is 0 Å². The summed E-state index contributed by atoms with van der Waals surface area (Å²) < 4.78 is 9.14. The molecule has 0 aliphatic heterocycles. The van der Waals surface area contributed by atoms with E-state index in [-0.39, 0.29) is 5.92 Å². The highest BCUT2D eigenvalue weighted by atomic mass is 32.1. The number of thiophene rings is 1. The second kappa shape index (κ2) is 11.3. The number of rotatable bonds is 5. The molecular formula is C47H30OS. The fourth-order valence-corrected chi connectivity index (χ4v) is 8.74. The zero-order chi connectivity index (χ0) is 32.3. The van der Waals surface area contributed by atoms with Crippen molar-refractivity contribution in [2.24, 2.45) is 0 Å². The first kappa shape index (κ1) is 28.1. The van der Waals surface area contributed by atoms with Crippen molar-refractivity contribution in [3.05, 3.63) is 193 Å². The van der Waals surface area contributed by atoms with E-state index in [0.29, 0.717) is 0 Å². The Morgan fingerprint density at radius 3 is 1.98 bits per heavy atom. The summed E-state index contributed by atoms with van der Waals surface area (Å²) in [5.74, 6) is 0.0407. The van der Waals surface area contributed by atoms with Gasteiger partial charge in [0, 0.05) is 42.4 Å². The van der Waals surface area contributed by atoms with Crippen molar-refractivity contribution in [3.63, 3.8) is 0 Å². The standard InChI is InChI=1S/C47H30OS/c1-2-10-30(11-3-1)31-20-22-32(23-21-31)46(36-25-24-33-29-45-42(28-37(33)27-36)40-15-5-7-19-44(40)49-45)35-13-8-12-34(26-35)38-16-9-17-41-39-14-4-6-18-43(39)48-47(38)41/h1-29,46H. The maximum Gasteiger partial charge on any atom is 0.143 e. The first-order chi connectivity index (χ1) is 24.3. The Morgan fingerprint density at radius 1 is 0.388 bits per heavy atom. The first-order valence-corrected chi connectivity index (χ1v) is 17.6. The summed E-state index contributed by atoms with van der Waals surface area (Å²) in [5.41, 5.74) is 10.4. The van der Waals surface area contributed by atoms with Crippen LogP contribution < -0.4 is 0 Å². The van der Waals surface area contributed by atoms with Gasteiger partial charge in [-0.05, 0) is 68.4 Å². The van der Waals surface area contributed by atoms with Gasteiger partial charge in [-0.3, -0.25) is 0 Å². The molecular weight excluding hydrogens is 613 g/mol. The lowest BCUT2D eigenvalue weighted by Crippen LogP contribution is -2.04.